The third kappa shape index (κ3) is 4.07. The average Bonchev–Trinajstić information content (AvgIpc) is 2.90. The molecular formula is C20H28N4O3. The van der Waals surface area contributed by atoms with Gasteiger partial charge in [0, 0.05) is 52.6 Å². The molecule has 0 saturated carbocycles. The maximum atomic E-state index is 12.6. The number of hydrogen-bond acceptors (Lipinski definition) is 3. The van der Waals surface area contributed by atoms with Crippen LogP contribution in [0.15, 0.2) is 29.1 Å². The molecule has 1 saturated heterocycles. The zero-order chi connectivity index (χ0) is 19.6. The Bertz CT molecular complexity index is 888. The minimum Gasteiger partial charge on any atom is -0.339 e. The molecule has 1 aliphatic heterocycles. The zero-order valence-corrected chi connectivity index (χ0v) is 16.4. The highest BCUT2D eigenvalue weighted by Gasteiger charge is 2.24. The summed E-state index contributed by atoms with van der Waals surface area (Å²) in [5, 5.41) is 0. The van der Waals surface area contributed by atoms with Crippen molar-refractivity contribution >= 4 is 22.8 Å². The molecule has 2 amide bonds. The van der Waals surface area contributed by atoms with Gasteiger partial charge in [0.05, 0.1) is 11.0 Å². The number of nitrogens with zero attached hydrogens (tertiary/aromatic N) is 4. The summed E-state index contributed by atoms with van der Waals surface area (Å²) < 4.78 is 3.27. The molecule has 1 fully saturated rings. The Hall–Kier alpha value is -2.57. The number of carbonyl (C=O) groups is 2. The lowest BCUT2D eigenvalue weighted by atomic mass is 10.1. The smallest absolute Gasteiger partial charge is 0.328 e. The van der Waals surface area contributed by atoms with Gasteiger partial charge >= 0.3 is 5.69 Å². The fourth-order valence-electron chi connectivity index (χ4n) is 3.63. The minimum atomic E-state index is -0.104. The molecule has 2 heterocycles. The summed E-state index contributed by atoms with van der Waals surface area (Å²) in [6, 6.07) is 7.60. The van der Waals surface area contributed by atoms with Crippen LogP contribution < -0.4 is 5.69 Å². The molecule has 1 aromatic carbocycles. The third-order valence-corrected chi connectivity index (χ3v) is 5.17. The first-order valence-corrected chi connectivity index (χ1v) is 9.58. The fraction of sp³-hybridized carbons (Fsp3) is 0.550. The van der Waals surface area contributed by atoms with Gasteiger partial charge in [0.1, 0.15) is 0 Å². The van der Waals surface area contributed by atoms with Gasteiger partial charge in [-0.05, 0) is 18.1 Å². The van der Waals surface area contributed by atoms with Crippen molar-refractivity contribution in [3.8, 4) is 0 Å². The van der Waals surface area contributed by atoms with Crippen molar-refractivity contribution in [3.63, 3.8) is 0 Å². The Balaban J connectivity index is 1.58. The highest BCUT2D eigenvalue weighted by Crippen LogP contribution is 2.13. The van der Waals surface area contributed by atoms with Crippen LogP contribution in [-0.4, -0.2) is 56.9 Å². The van der Waals surface area contributed by atoms with E-state index in [4.69, 9.17) is 0 Å². The number of rotatable bonds is 5. The molecule has 7 heteroatoms. The second kappa shape index (κ2) is 7.98. The van der Waals surface area contributed by atoms with E-state index in [2.05, 4.69) is 0 Å². The summed E-state index contributed by atoms with van der Waals surface area (Å²) in [4.78, 5) is 40.8. The van der Waals surface area contributed by atoms with Gasteiger partial charge in [-0.25, -0.2) is 4.79 Å². The van der Waals surface area contributed by atoms with Crippen LogP contribution in [0.2, 0.25) is 0 Å². The van der Waals surface area contributed by atoms with Gasteiger partial charge < -0.3 is 9.80 Å². The van der Waals surface area contributed by atoms with Gasteiger partial charge in [-0.1, -0.05) is 26.0 Å². The largest absolute Gasteiger partial charge is 0.339 e. The van der Waals surface area contributed by atoms with E-state index in [1.54, 1.807) is 21.1 Å². The van der Waals surface area contributed by atoms with E-state index in [1.807, 2.05) is 43.0 Å². The summed E-state index contributed by atoms with van der Waals surface area (Å²) >= 11 is 0. The number of fused-ring (bicyclic) bond motifs is 1. The molecule has 1 aromatic heterocycles. The first-order chi connectivity index (χ1) is 12.9. The van der Waals surface area contributed by atoms with Crippen molar-refractivity contribution in [1.82, 2.24) is 18.9 Å². The number of carbonyl (C=O) groups excluding carboxylic acids is 2. The van der Waals surface area contributed by atoms with Crippen LogP contribution in [0.5, 0.6) is 0 Å². The van der Waals surface area contributed by atoms with E-state index in [-0.39, 0.29) is 23.9 Å². The first kappa shape index (κ1) is 19.2. The molecule has 0 aliphatic carbocycles. The SMILES string of the molecule is CC(C)CC(=O)N1CCN(C(=O)CCn2c(=O)n(C)c3ccccc32)CC1. The lowest BCUT2D eigenvalue weighted by molar-refractivity contribution is -0.140. The molecule has 7 nitrogen and oxygen atoms in total. The molecule has 27 heavy (non-hydrogen) atoms. The molecule has 1 aliphatic rings. The molecule has 0 bridgehead atoms. The number of piperazine rings is 1. The van der Waals surface area contributed by atoms with E-state index in [0.29, 0.717) is 45.1 Å². The standard InChI is InChI=1S/C20H28N4O3/c1-15(2)14-19(26)23-12-10-22(11-13-23)18(25)8-9-24-17-7-5-4-6-16(17)21(3)20(24)27/h4-7,15H,8-14H2,1-3H3. The Morgan fingerprint density at radius 1 is 0.963 bits per heavy atom. The van der Waals surface area contributed by atoms with Gasteiger partial charge in [0.25, 0.3) is 0 Å². The molecule has 0 atom stereocenters. The van der Waals surface area contributed by atoms with Crippen LogP contribution in [0.4, 0.5) is 0 Å². The highest BCUT2D eigenvalue weighted by molar-refractivity contribution is 5.79. The van der Waals surface area contributed by atoms with Crippen molar-refractivity contribution in [2.75, 3.05) is 26.2 Å². The van der Waals surface area contributed by atoms with E-state index in [0.717, 1.165) is 11.0 Å². The van der Waals surface area contributed by atoms with Crippen molar-refractivity contribution < 1.29 is 9.59 Å². The third-order valence-electron chi connectivity index (χ3n) is 5.17. The fourth-order valence-corrected chi connectivity index (χ4v) is 3.63. The van der Waals surface area contributed by atoms with Gasteiger partial charge in [0.15, 0.2) is 0 Å². The van der Waals surface area contributed by atoms with Crippen LogP contribution in [-0.2, 0) is 23.2 Å². The van der Waals surface area contributed by atoms with E-state index in [9.17, 15) is 14.4 Å². The Labute approximate surface area is 159 Å². The molecule has 2 aromatic rings. The maximum Gasteiger partial charge on any atom is 0.328 e. The lowest BCUT2D eigenvalue weighted by Crippen LogP contribution is -2.51. The number of amides is 2. The topological polar surface area (TPSA) is 67.6 Å². The van der Waals surface area contributed by atoms with Crippen molar-refractivity contribution in [2.45, 2.75) is 33.2 Å². The van der Waals surface area contributed by atoms with Gasteiger partial charge in [0.2, 0.25) is 11.8 Å². The quantitative estimate of drug-likeness (QED) is 0.798. The molecule has 0 spiro atoms. The normalized spacial score (nSPS) is 15.0. The highest BCUT2D eigenvalue weighted by atomic mass is 16.2. The molecule has 146 valence electrons. The molecular weight excluding hydrogens is 344 g/mol. The predicted molar refractivity (Wildman–Crippen MR) is 104 cm³/mol. The summed E-state index contributed by atoms with van der Waals surface area (Å²) in [6.45, 7) is 6.74. The van der Waals surface area contributed by atoms with Crippen LogP contribution in [0.1, 0.15) is 26.7 Å². The number of aryl methyl sites for hydroxylation is 2. The summed E-state index contributed by atoms with van der Waals surface area (Å²) in [7, 11) is 1.75. The van der Waals surface area contributed by atoms with Crippen LogP contribution in [0.25, 0.3) is 11.0 Å². The predicted octanol–water partition coefficient (Wildman–Crippen LogP) is 1.45. The van der Waals surface area contributed by atoms with Crippen LogP contribution in [0, 0.1) is 5.92 Å². The lowest BCUT2D eigenvalue weighted by Gasteiger charge is -2.35. The number of benzene rings is 1. The number of hydrogen-bond donors (Lipinski definition) is 0. The molecule has 3 rings (SSSR count). The summed E-state index contributed by atoms with van der Waals surface area (Å²) in [5.41, 5.74) is 1.61. The second-order valence-electron chi connectivity index (χ2n) is 7.59. The first-order valence-electron chi connectivity index (χ1n) is 9.58. The molecule has 0 N–H and O–H groups in total. The summed E-state index contributed by atoms with van der Waals surface area (Å²) in [5.74, 6) is 0.543. The minimum absolute atomic E-state index is 0.0331. The molecule has 0 unspecified atom stereocenters. The van der Waals surface area contributed by atoms with E-state index >= 15 is 0 Å². The van der Waals surface area contributed by atoms with Crippen LogP contribution in [0.3, 0.4) is 0 Å². The monoisotopic (exact) mass is 372 g/mol. The van der Waals surface area contributed by atoms with Gasteiger partial charge in [-0.3, -0.25) is 18.7 Å². The maximum absolute atomic E-state index is 12.6. The molecule has 0 radical (unpaired) electrons. The zero-order valence-electron chi connectivity index (χ0n) is 16.4. The van der Waals surface area contributed by atoms with E-state index in [1.165, 1.54) is 0 Å². The van der Waals surface area contributed by atoms with Crippen LogP contribution >= 0.6 is 0 Å². The average molecular weight is 372 g/mol. The van der Waals surface area contributed by atoms with Gasteiger partial charge in [-0.2, -0.15) is 0 Å². The second-order valence-corrected chi connectivity index (χ2v) is 7.59. The Morgan fingerprint density at radius 3 is 2.11 bits per heavy atom. The van der Waals surface area contributed by atoms with Crippen molar-refractivity contribution in [2.24, 2.45) is 13.0 Å². The number of imidazole rings is 1. The van der Waals surface area contributed by atoms with E-state index < -0.39 is 0 Å². The van der Waals surface area contributed by atoms with Gasteiger partial charge in [-0.15, -0.1) is 0 Å². The Kier molecular flexibility index (Phi) is 5.68. The van der Waals surface area contributed by atoms with Crippen molar-refractivity contribution in [1.29, 1.82) is 0 Å². The summed E-state index contributed by atoms with van der Waals surface area (Å²) in [6.07, 6.45) is 0.839. The van der Waals surface area contributed by atoms with Crippen molar-refractivity contribution in [3.05, 3.63) is 34.7 Å². The number of para-hydroxylation sites is 2. The number of aromatic nitrogens is 2. The Morgan fingerprint density at radius 2 is 1.52 bits per heavy atom.